The van der Waals surface area contributed by atoms with Crippen LogP contribution in [0, 0.1) is 24.6 Å². The molecule has 0 amide bonds. The predicted molar refractivity (Wildman–Crippen MR) is 79.5 cm³/mol. The van der Waals surface area contributed by atoms with E-state index in [-0.39, 0.29) is 5.82 Å². The lowest BCUT2D eigenvalue weighted by Crippen LogP contribution is -2.40. The van der Waals surface area contributed by atoms with Gasteiger partial charge in [0.1, 0.15) is 0 Å². The quantitative estimate of drug-likeness (QED) is 0.901. The van der Waals surface area contributed by atoms with E-state index in [2.05, 4.69) is 15.2 Å². The maximum absolute atomic E-state index is 13.9. The van der Waals surface area contributed by atoms with Crippen LogP contribution in [-0.2, 0) is 0 Å². The number of aryl methyl sites for hydroxylation is 1. The molecule has 0 spiro atoms. The number of hydrogen-bond donors (Lipinski definition) is 1. The molecule has 3 rings (SSSR count). The molecule has 0 radical (unpaired) electrons. The molecule has 110 valence electrons. The highest BCUT2D eigenvalue weighted by atomic mass is 19.1. The summed E-state index contributed by atoms with van der Waals surface area (Å²) in [5, 5.41) is 3.43. The van der Waals surface area contributed by atoms with Crippen molar-refractivity contribution in [3.63, 3.8) is 0 Å². The number of rotatable bonds is 2. The summed E-state index contributed by atoms with van der Waals surface area (Å²) in [4.78, 5) is 6.50. The molecule has 1 aromatic heterocycles. The van der Waals surface area contributed by atoms with E-state index in [1.807, 2.05) is 6.92 Å². The van der Waals surface area contributed by atoms with Crippen LogP contribution in [0.25, 0.3) is 0 Å². The number of nitrogens with zero attached hydrogens (tertiary/aromatic N) is 2. The molecule has 3 heterocycles. The molecule has 1 aromatic rings. The van der Waals surface area contributed by atoms with Gasteiger partial charge in [0.15, 0.2) is 11.6 Å². The van der Waals surface area contributed by atoms with E-state index in [1.54, 1.807) is 6.07 Å². The van der Waals surface area contributed by atoms with Crippen LogP contribution < -0.4 is 10.2 Å². The summed E-state index contributed by atoms with van der Waals surface area (Å²) in [5.41, 5.74) is 0.891. The van der Waals surface area contributed by atoms with Crippen LogP contribution in [0.4, 0.5) is 10.2 Å². The highest BCUT2D eigenvalue weighted by molar-refractivity contribution is 5.41. The van der Waals surface area contributed by atoms with Crippen LogP contribution in [0.15, 0.2) is 12.1 Å². The summed E-state index contributed by atoms with van der Waals surface area (Å²) in [6, 6.07) is 3.27. The van der Waals surface area contributed by atoms with Crippen molar-refractivity contribution in [1.82, 2.24) is 10.3 Å². The summed E-state index contributed by atoms with van der Waals surface area (Å²) in [6.45, 7) is 6.15. The van der Waals surface area contributed by atoms with Gasteiger partial charge in [0.2, 0.25) is 0 Å². The number of pyridine rings is 1. The van der Waals surface area contributed by atoms with E-state index in [9.17, 15) is 4.39 Å². The Bertz CT molecular complexity index is 449. The van der Waals surface area contributed by atoms with Gasteiger partial charge in [-0.1, -0.05) is 0 Å². The van der Waals surface area contributed by atoms with Gasteiger partial charge in [-0.25, -0.2) is 9.37 Å². The average molecular weight is 277 g/mol. The van der Waals surface area contributed by atoms with Crippen molar-refractivity contribution in [1.29, 1.82) is 0 Å². The highest BCUT2D eigenvalue weighted by Crippen LogP contribution is 2.32. The Hall–Kier alpha value is -1.16. The highest BCUT2D eigenvalue weighted by Gasteiger charge is 2.28. The fourth-order valence-electron chi connectivity index (χ4n) is 3.65. The van der Waals surface area contributed by atoms with Crippen LogP contribution >= 0.6 is 0 Å². The first kappa shape index (κ1) is 13.8. The van der Waals surface area contributed by atoms with E-state index in [1.165, 1.54) is 44.8 Å². The van der Waals surface area contributed by atoms with Gasteiger partial charge in [0.05, 0.1) is 0 Å². The minimum Gasteiger partial charge on any atom is -0.354 e. The van der Waals surface area contributed by atoms with Gasteiger partial charge < -0.3 is 10.2 Å². The van der Waals surface area contributed by atoms with Gasteiger partial charge in [-0.05, 0) is 69.7 Å². The van der Waals surface area contributed by atoms with Crippen molar-refractivity contribution in [2.24, 2.45) is 11.8 Å². The summed E-state index contributed by atoms with van der Waals surface area (Å²) in [6.07, 6.45) is 4.98. The third-order valence-electron chi connectivity index (χ3n) is 4.86. The summed E-state index contributed by atoms with van der Waals surface area (Å²) in [7, 11) is 0. The number of aromatic nitrogens is 1. The first-order valence-electron chi connectivity index (χ1n) is 7.83. The number of anilines is 1. The maximum atomic E-state index is 13.9. The fourth-order valence-corrected chi connectivity index (χ4v) is 3.65. The minimum absolute atomic E-state index is 0.184. The average Bonchev–Trinajstić information content (AvgIpc) is 2.51. The third-order valence-corrected chi connectivity index (χ3v) is 4.86. The number of hydrogen-bond acceptors (Lipinski definition) is 3. The Labute approximate surface area is 120 Å². The van der Waals surface area contributed by atoms with Crippen molar-refractivity contribution in [3.05, 3.63) is 23.6 Å². The van der Waals surface area contributed by atoms with Crippen LogP contribution in [0.1, 0.15) is 31.4 Å². The van der Waals surface area contributed by atoms with Crippen LogP contribution in [0.3, 0.4) is 0 Å². The monoisotopic (exact) mass is 277 g/mol. The third kappa shape index (κ3) is 2.95. The first-order chi connectivity index (χ1) is 9.74. The number of nitrogens with one attached hydrogen (secondary N) is 1. The van der Waals surface area contributed by atoms with Crippen molar-refractivity contribution < 1.29 is 4.39 Å². The van der Waals surface area contributed by atoms with Gasteiger partial charge in [0, 0.05) is 18.8 Å². The molecule has 0 aromatic carbocycles. The Morgan fingerprint density at radius 3 is 2.45 bits per heavy atom. The van der Waals surface area contributed by atoms with Gasteiger partial charge >= 0.3 is 0 Å². The Kier molecular flexibility index (Phi) is 4.20. The van der Waals surface area contributed by atoms with Gasteiger partial charge in [-0.15, -0.1) is 0 Å². The molecule has 0 bridgehead atoms. The molecule has 0 atom stereocenters. The molecule has 2 aliphatic rings. The Balaban J connectivity index is 1.61. The standard InChI is InChI=1S/C16H24FN3/c1-12-2-3-15(17)16(19-12)20-10-6-14(7-11-20)13-4-8-18-9-5-13/h2-3,13-14,18H,4-11H2,1H3. The second kappa shape index (κ2) is 6.08. The minimum atomic E-state index is -0.184. The zero-order valence-electron chi connectivity index (χ0n) is 12.2. The van der Waals surface area contributed by atoms with Gasteiger partial charge in [-0.3, -0.25) is 0 Å². The second-order valence-corrected chi connectivity index (χ2v) is 6.17. The zero-order valence-corrected chi connectivity index (χ0v) is 12.2. The van der Waals surface area contributed by atoms with E-state index >= 15 is 0 Å². The van der Waals surface area contributed by atoms with Crippen LogP contribution in [0.5, 0.6) is 0 Å². The lowest BCUT2D eigenvalue weighted by molar-refractivity contribution is 0.221. The molecule has 1 N–H and O–H groups in total. The van der Waals surface area contributed by atoms with Crippen molar-refractivity contribution in [2.75, 3.05) is 31.1 Å². The number of halogens is 1. The maximum Gasteiger partial charge on any atom is 0.165 e. The lowest BCUT2D eigenvalue weighted by Gasteiger charge is -2.38. The summed E-state index contributed by atoms with van der Waals surface area (Å²) in [5.74, 6) is 2.06. The summed E-state index contributed by atoms with van der Waals surface area (Å²) >= 11 is 0. The van der Waals surface area contributed by atoms with Crippen molar-refractivity contribution in [3.8, 4) is 0 Å². The van der Waals surface area contributed by atoms with E-state index in [0.29, 0.717) is 5.82 Å². The zero-order chi connectivity index (χ0) is 13.9. The van der Waals surface area contributed by atoms with Crippen molar-refractivity contribution in [2.45, 2.75) is 32.6 Å². The van der Waals surface area contributed by atoms with Gasteiger partial charge in [-0.2, -0.15) is 0 Å². The van der Waals surface area contributed by atoms with E-state index in [0.717, 1.165) is 30.6 Å². The normalized spacial score (nSPS) is 22.2. The molecule has 4 heteroatoms. The molecular weight excluding hydrogens is 253 g/mol. The van der Waals surface area contributed by atoms with Crippen LogP contribution in [-0.4, -0.2) is 31.2 Å². The molecule has 2 saturated heterocycles. The molecule has 0 saturated carbocycles. The molecule has 0 aliphatic carbocycles. The Morgan fingerprint density at radius 1 is 1.10 bits per heavy atom. The first-order valence-corrected chi connectivity index (χ1v) is 7.83. The number of piperidine rings is 2. The molecular formula is C16H24FN3. The SMILES string of the molecule is Cc1ccc(F)c(N2CCC(C3CCNCC3)CC2)n1. The van der Waals surface area contributed by atoms with Gasteiger partial charge in [0.25, 0.3) is 0 Å². The van der Waals surface area contributed by atoms with E-state index < -0.39 is 0 Å². The van der Waals surface area contributed by atoms with Crippen LogP contribution in [0.2, 0.25) is 0 Å². The Morgan fingerprint density at radius 2 is 1.75 bits per heavy atom. The van der Waals surface area contributed by atoms with E-state index in [4.69, 9.17) is 0 Å². The molecule has 0 unspecified atom stereocenters. The molecule has 3 nitrogen and oxygen atoms in total. The lowest BCUT2D eigenvalue weighted by atomic mass is 9.79. The topological polar surface area (TPSA) is 28.2 Å². The largest absolute Gasteiger partial charge is 0.354 e. The van der Waals surface area contributed by atoms with Crippen molar-refractivity contribution >= 4 is 5.82 Å². The molecule has 20 heavy (non-hydrogen) atoms. The molecule has 2 aliphatic heterocycles. The predicted octanol–water partition coefficient (Wildman–Crippen LogP) is 2.75. The molecule has 2 fully saturated rings. The smallest absolute Gasteiger partial charge is 0.165 e. The fraction of sp³-hybridized carbons (Fsp3) is 0.688. The second-order valence-electron chi connectivity index (χ2n) is 6.17. The summed E-state index contributed by atoms with van der Waals surface area (Å²) < 4.78 is 13.9.